The van der Waals surface area contributed by atoms with Crippen LogP contribution in [0.3, 0.4) is 0 Å². The van der Waals surface area contributed by atoms with Crippen LogP contribution < -0.4 is 0 Å². The number of fused-ring (bicyclic) bond motifs is 1. The zero-order valence-corrected chi connectivity index (χ0v) is 28.0. The van der Waals surface area contributed by atoms with Crippen LogP contribution >= 0.6 is 0 Å². The summed E-state index contributed by atoms with van der Waals surface area (Å²) in [6.45, 7) is 9.22. The number of rotatable bonds is 5. The summed E-state index contributed by atoms with van der Waals surface area (Å²) in [5.41, 5.74) is 8.26. The Labute approximate surface area is 278 Å². The highest BCUT2D eigenvalue weighted by Crippen LogP contribution is 2.55. The van der Waals surface area contributed by atoms with Crippen LogP contribution in [0.25, 0.3) is 16.6 Å². The fraction of sp³-hybridized carbons (Fsp3) is 0.333. The van der Waals surface area contributed by atoms with Gasteiger partial charge in [0.25, 0.3) is 0 Å². The van der Waals surface area contributed by atoms with E-state index in [9.17, 15) is 9.59 Å². The van der Waals surface area contributed by atoms with Gasteiger partial charge < -0.3 is 14.2 Å². The Hall–Kier alpha value is -4.64. The monoisotopic (exact) mass is 623 g/mol. The third-order valence-corrected chi connectivity index (χ3v) is 11.2. The molecule has 5 heteroatoms. The van der Waals surface area contributed by atoms with Crippen LogP contribution in [0.4, 0.5) is 0 Å². The molecule has 2 aromatic heterocycles. The van der Waals surface area contributed by atoms with Gasteiger partial charge in [0.2, 0.25) is 11.8 Å². The molecule has 0 radical (unpaired) electrons. The molecule has 4 atom stereocenters. The number of pyridine rings is 1. The van der Waals surface area contributed by atoms with Crippen molar-refractivity contribution in [2.24, 2.45) is 0 Å². The van der Waals surface area contributed by atoms with Crippen LogP contribution in [-0.4, -0.2) is 51.2 Å². The van der Waals surface area contributed by atoms with Crippen LogP contribution in [0.2, 0.25) is 0 Å². The van der Waals surface area contributed by atoms with E-state index in [0.717, 1.165) is 25.7 Å². The Bertz CT molecular complexity index is 1780. The number of carbonyl (C=O) groups is 2. The number of likely N-dealkylation sites (tertiary alicyclic amines) is 2. The molecule has 2 saturated heterocycles. The van der Waals surface area contributed by atoms with E-state index < -0.39 is 0 Å². The maximum absolute atomic E-state index is 12.8. The molecule has 47 heavy (non-hydrogen) atoms. The highest BCUT2D eigenvalue weighted by Gasteiger charge is 2.50. The second-order valence-corrected chi connectivity index (χ2v) is 13.8. The lowest BCUT2D eigenvalue weighted by Gasteiger charge is -2.48. The smallest absolute Gasteiger partial charge is 0.219 e. The molecule has 0 bridgehead atoms. The highest BCUT2D eigenvalue weighted by molar-refractivity contribution is 5.85. The van der Waals surface area contributed by atoms with Crippen LogP contribution in [0, 0.1) is 0 Å². The van der Waals surface area contributed by atoms with Crippen LogP contribution in [0.15, 0.2) is 115 Å². The van der Waals surface area contributed by atoms with E-state index in [2.05, 4.69) is 134 Å². The molecule has 0 spiro atoms. The van der Waals surface area contributed by atoms with Crippen molar-refractivity contribution in [1.82, 2.24) is 14.2 Å². The Kier molecular flexibility index (Phi) is 8.03. The van der Waals surface area contributed by atoms with Crippen molar-refractivity contribution < 1.29 is 9.59 Å². The second-order valence-electron chi connectivity index (χ2n) is 13.8. The maximum atomic E-state index is 12.8. The molecule has 5 aromatic rings. The third kappa shape index (κ3) is 5.08. The minimum absolute atomic E-state index is 0.0738. The fourth-order valence-electron chi connectivity index (χ4n) is 9.24. The Morgan fingerprint density at radius 1 is 0.617 bits per heavy atom. The molecule has 0 saturated carbocycles. The average molecular weight is 624 g/mol. The molecule has 2 amide bonds. The van der Waals surface area contributed by atoms with E-state index in [1.54, 1.807) is 13.8 Å². The molecule has 7 rings (SSSR count). The molecule has 0 aliphatic carbocycles. The first-order valence-electron chi connectivity index (χ1n) is 17.1. The van der Waals surface area contributed by atoms with Crippen molar-refractivity contribution in [3.05, 3.63) is 138 Å². The van der Waals surface area contributed by atoms with Gasteiger partial charge in [-0.3, -0.25) is 9.59 Å². The lowest BCUT2D eigenvalue weighted by molar-refractivity contribution is -0.133. The lowest BCUT2D eigenvalue weighted by Crippen LogP contribution is -2.51. The second kappa shape index (κ2) is 12.2. The van der Waals surface area contributed by atoms with E-state index in [0.29, 0.717) is 13.1 Å². The van der Waals surface area contributed by atoms with Gasteiger partial charge in [0, 0.05) is 67.3 Å². The zero-order valence-electron chi connectivity index (χ0n) is 28.0. The zero-order chi connectivity index (χ0) is 32.8. The molecule has 2 aliphatic rings. The Balaban J connectivity index is 1.60. The quantitative estimate of drug-likeness (QED) is 0.198. The van der Waals surface area contributed by atoms with E-state index in [1.807, 2.05) is 9.80 Å². The Morgan fingerprint density at radius 2 is 1.09 bits per heavy atom. The van der Waals surface area contributed by atoms with Gasteiger partial charge in [0.15, 0.2) is 0 Å². The minimum Gasteiger partial charge on any atom is -0.340 e. The molecule has 240 valence electrons. The van der Waals surface area contributed by atoms with Crippen molar-refractivity contribution in [2.75, 3.05) is 13.1 Å². The Morgan fingerprint density at radius 3 is 1.62 bits per heavy atom. The summed E-state index contributed by atoms with van der Waals surface area (Å²) in [7, 11) is 0. The molecule has 3 aromatic carbocycles. The summed E-state index contributed by atoms with van der Waals surface area (Å²) in [6.07, 6.45) is 5.57. The summed E-state index contributed by atoms with van der Waals surface area (Å²) in [5, 5.41) is 0. The number of carbonyl (C=O) groups excluding carboxylic acids is 2. The third-order valence-electron chi connectivity index (χ3n) is 11.2. The minimum atomic E-state index is -0.343. The SMILES string of the molecule is CC(=O)N1CCC(c2ccccc2)(c2c(-c3ccccc3)c(C3(c4ccccc4)CCN(C(C)=O)C(C)C3)n3ccccc23)CC1C. The lowest BCUT2D eigenvalue weighted by atomic mass is 9.62. The first-order chi connectivity index (χ1) is 22.8. The molecule has 4 unspecified atom stereocenters. The molecule has 5 nitrogen and oxygen atoms in total. The number of amides is 2. The molecule has 0 N–H and O–H groups in total. The molecule has 2 fully saturated rings. The summed E-state index contributed by atoms with van der Waals surface area (Å²) < 4.78 is 2.48. The summed E-state index contributed by atoms with van der Waals surface area (Å²) in [6, 6.07) is 39.7. The normalized spacial score (nSPS) is 24.8. The first kappa shape index (κ1) is 31.0. The molecule has 2 aliphatic heterocycles. The number of aromatic nitrogens is 1. The van der Waals surface area contributed by atoms with Gasteiger partial charge in [0.1, 0.15) is 0 Å². The van der Waals surface area contributed by atoms with Gasteiger partial charge in [-0.25, -0.2) is 0 Å². The molecular formula is C42H45N3O2. The van der Waals surface area contributed by atoms with Crippen molar-refractivity contribution in [3.8, 4) is 11.1 Å². The van der Waals surface area contributed by atoms with Crippen molar-refractivity contribution in [2.45, 2.75) is 76.3 Å². The standard InChI is InChI=1S/C42H45N3O2/c1-30-28-41(23-26-43(30)32(3)46,35-18-10-6-11-19-35)39-37-22-14-15-25-45(37)40(38(39)34-16-8-5-9-17-34)42(36-20-12-7-13-21-36)24-27-44(33(4)47)31(2)29-42/h5-22,25,30-31H,23-24,26-29H2,1-4H3. The number of hydrogen-bond acceptors (Lipinski definition) is 2. The van der Waals surface area contributed by atoms with Gasteiger partial charge in [0.05, 0.1) is 5.52 Å². The van der Waals surface area contributed by atoms with Crippen LogP contribution in [-0.2, 0) is 20.4 Å². The number of hydrogen-bond donors (Lipinski definition) is 0. The molecular weight excluding hydrogens is 578 g/mol. The largest absolute Gasteiger partial charge is 0.340 e. The predicted molar refractivity (Wildman–Crippen MR) is 189 cm³/mol. The van der Waals surface area contributed by atoms with Gasteiger partial charge >= 0.3 is 0 Å². The first-order valence-corrected chi connectivity index (χ1v) is 17.1. The number of nitrogens with zero attached hydrogens (tertiary/aromatic N) is 3. The predicted octanol–water partition coefficient (Wildman–Crippen LogP) is 8.24. The van der Waals surface area contributed by atoms with E-state index >= 15 is 0 Å². The van der Waals surface area contributed by atoms with Crippen molar-refractivity contribution in [3.63, 3.8) is 0 Å². The number of piperidine rings is 2. The number of benzene rings is 3. The van der Waals surface area contributed by atoms with Gasteiger partial charge in [-0.1, -0.05) is 97.1 Å². The van der Waals surface area contributed by atoms with E-state index in [4.69, 9.17) is 0 Å². The highest BCUT2D eigenvalue weighted by atomic mass is 16.2. The van der Waals surface area contributed by atoms with Crippen molar-refractivity contribution >= 4 is 17.3 Å². The maximum Gasteiger partial charge on any atom is 0.219 e. The summed E-state index contributed by atoms with van der Waals surface area (Å²) in [5.74, 6) is 0.275. The van der Waals surface area contributed by atoms with Crippen molar-refractivity contribution in [1.29, 1.82) is 0 Å². The topological polar surface area (TPSA) is 45.0 Å². The summed E-state index contributed by atoms with van der Waals surface area (Å²) >= 11 is 0. The fourth-order valence-corrected chi connectivity index (χ4v) is 9.24. The van der Waals surface area contributed by atoms with Crippen LogP contribution in [0.5, 0.6) is 0 Å². The summed E-state index contributed by atoms with van der Waals surface area (Å²) in [4.78, 5) is 29.7. The van der Waals surface area contributed by atoms with Gasteiger partial charge in [-0.05, 0) is 73.9 Å². The van der Waals surface area contributed by atoms with E-state index in [1.165, 1.54) is 39.0 Å². The molecule has 4 heterocycles. The van der Waals surface area contributed by atoms with Gasteiger partial charge in [-0.15, -0.1) is 0 Å². The van der Waals surface area contributed by atoms with E-state index in [-0.39, 0.29) is 34.7 Å². The average Bonchev–Trinajstić information content (AvgIpc) is 3.45. The van der Waals surface area contributed by atoms with Crippen LogP contribution in [0.1, 0.15) is 75.8 Å². The van der Waals surface area contributed by atoms with Gasteiger partial charge in [-0.2, -0.15) is 0 Å².